The van der Waals surface area contributed by atoms with Crippen LogP contribution < -0.4 is 10.1 Å². The number of hydrogen-bond donors (Lipinski definition) is 1. The number of benzene rings is 1. The number of anilines is 1. The predicted molar refractivity (Wildman–Crippen MR) is 72.3 cm³/mol. The molecule has 0 atom stereocenters. The Morgan fingerprint density at radius 3 is 2.58 bits per heavy atom. The minimum Gasteiger partial charge on any atom is -0.464 e. The van der Waals surface area contributed by atoms with Gasteiger partial charge in [-0.15, -0.1) is 0 Å². The zero-order valence-corrected chi connectivity index (χ0v) is 10.9. The highest BCUT2D eigenvalue weighted by molar-refractivity contribution is 6.05. The first-order valence-corrected chi connectivity index (χ1v) is 6.02. The summed E-state index contributed by atoms with van der Waals surface area (Å²) in [5.74, 6) is -0.175. The highest BCUT2D eigenvalue weighted by Gasteiger charge is 2.09. The van der Waals surface area contributed by atoms with Crippen molar-refractivity contribution in [3.8, 4) is 6.01 Å². The molecule has 5 nitrogen and oxygen atoms in total. The van der Waals surface area contributed by atoms with E-state index < -0.39 is 0 Å². The van der Waals surface area contributed by atoms with Gasteiger partial charge in [0.1, 0.15) is 0 Å². The molecule has 0 saturated carbocycles. The van der Waals surface area contributed by atoms with Gasteiger partial charge >= 0.3 is 6.01 Å². The second-order valence-electron chi connectivity index (χ2n) is 3.96. The lowest BCUT2D eigenvalue weighted by molar-refractivity contribution is 0.102. The summed E-state index contributed by atoms with van der Waals surface area (Å²) in [5, 5.41) is 2.75. The van der Waals surface area contributed by atoms with Crippen LogP contribution in [0.1, 0.15) is 22.8 Å². The van der Waals surface area contributed by atoms with Crippen molar-refractivity contribution in [3.63, 3.8) is 0 Å². The van der Waals surface area contributed by atoms with Crippen molar-refractivity contribution >= 4 is 11.6 Å². The molecule has 0 spiro atoms. The third-order valence-corrected chi connectivity index (χ3v) is 2.55. The molecule has 2 rings (SSSR count). The average molecular weight is 257 g/mol. The fourth-order valence-corrected chi connectivity index (χ4v) is 1.61. The number of hydrogen-bond acceptors (Lipinski definition) is 4. The third kappa shape index (κ3) is 3.28. The summed E-state index contributed by atoms with van der Waals surface area (Å²) >= 11 is 0. The van der Waals surface area contributed by atoms with Gasteiger partial charge in [0, 0.05) is 5.56 Å². The number of aryl methyl sites for hydroxylation is 1. The molecule has 0 unspecified atom stereocenters. The van der Waals surface area contributed by atoms with Crippen molar-refractivity contribution in [2.75, 3.05) is 11.9 Å². The first kappa shape index (κ1) is 13.0. The number of aromatic nitrogens is 2. The van der Waals surface area contributed by atoms with Crippen molar-refractivity contribution in [3.05, 3.63) is 47.8 Å². The molecular formula is C14H15N3O2. The van der Waals surface area contributed by atoms with Gasteiger partial charge in [-0.05, 0) is 25.5 Å². The van der Waals surface area contributed by atoms with Crippen LogP contribution in [0.15, 0.2) is 36.7 Å². The van der Waals surface area contributed by atoms with E-state index in [0.717, 1.165) is 5.56 Å². The molecule has 19 heavy (non-hydrogen) atoms. The van der Waals surface area contributed by atoms with Crippen molar-refractivity contribution < 1.29 is 9.53 Å². The maximum Gasteiger partial charge on any atom is 0.316 e. The van der Waals surface area contributed by atoms with E-state index >= 15 is 0 Å². The number of nitrogens with one attached hydrogen (secondary N) is 1. The van der Waals surface area contributed by atoms with Gasteiger partial charge in [-0.1, -0.05) is 18.2 Å². The molecule has 5 heteroatoms. The molecule has 1 heterocycles. The van der Waals surface area contributed by atoms with Crippen LogP contribution in [0.3, 0.4) is 0 Å². The maximum absolute atomic E-state index is 12.0. The topological polar surface area (TPSA) is 64.1 Å². The summed E-state index contributed by atoms with van der Waals surface area (Å²) in [5.41, 5.74) is 2.10. The Morgan fingerprint density at radius 2 is 1.95 bits per heavy atom. The van der Waals surface area contributed by atoms with Crippen LogP contribution in [-0.2, 0) is 0 Å². The minimum absolute atomic E-state index is 0.175. The zero-order chi connectivity index (χ0) is 13.7. The van der Waals surface area contributed by atoms with Crippen molar-refractivity contribution in [1.29, 1.82) is 0 Å². The summed E-state index contributed by atoms with van der Waals surface area (Å²) in [6, 6.07) is 7.70. The van der Waals surface area contributed by atoms with Crippen LogP contribution in [0.5, 0.6) is 6.01 Å². The van der Waals surface area contributed by atoms with E-state index in [0.29, 0.717) is 23.9 Å². The second-order valence-corrected chi connectivity index (χ2v) is 3.96. The Hall–Kier alpha value is -2.43. The highest BCUT2D eigenvalue weighted by atomic mass is 16.5. The summed E-state index contributed by atoms with van der Waals surface area (Å²) in [6.07, 6.45) is 3.04. The Labute approximate surface area is 111 Å². The standard InChI is InChI=1S/C14H15N3O2/c1-3-19-14-15-8-11(9-16-14)17-13(18)12-7-5-4-6-10(12)2/h4-9H,3H2,1-2H3,(H,17,18). The van der Waals surface area contributed by atoms with Gasteiger partial charge in [-0.3, -0.25) is 4.79 Å². The van der Waals surface area contributed by atoms with Crippen molar-refractivity contribution in [2.24, 2.45) is 0 Å². The quantitative estimate of drug-likeness (QED) is 0.913. The summed E-state index contributed by atoms with van der Waals surface area (Å²) in [7, 11) is 0. The molecule has 98 valence electrons. The molecule has 1 N–H and O–H groups in total. The number of carbonyl (C=O) groups is 1. The first-order chi connectivity index (χ1) is 9.20. The predicted octanol–water partition coefficient (Wildman–Crippen LogP) is 2.44. The summed E-state index contributed by atoms with van der Waals surface area (Å²) in [4.78, 5) is 20.0. The molecule has 0 bridgehead atoms. The van der Waals surface area contributed by atoms with Gasteiger partial charge in [0.05, 0.1) is 24.7 Å². The van der Waals surface area contributed by atoms with Crippen LogP contribution in [-0.4, -0.2) is 22.5 Å². The lowest BCUT2D eigenvalue weighted by atomic mass is 10.1. The smallest absolute Gasteiger partial charge is 0.316 e. The minimum atomic E-state index is -0.175. The van der Waals surface area contributed by atoms with E-state index in [1.165, 1.54) is 12.4 Å². The largest absolute Gasteiger partial charge is 0.464 e. The zero-order valence-electron chi connectivity index (χ0n) is 10.9. The number of carbonyl (C=O) groups excluding carboxylic acids is 1. The molecule has 0 aliphatic carbocycles. The van der Waals surface area contributed by atoms with E-state index in [1.54, 1.807) is 6.07 Å². The van der Waals surface area contributed by atoms with Crippen molar-refractivity contribution in [2.45, 2.75) is 13.8 Å². The lowest BCUT2D eigenvalue weighted by Gasteiger charge is -2.07. The van der Waals surface area contributed by atoms with E-state index in [9.17, 15) is 4.79 Å². The fourth-order valence-electron chi connectivity index (χ4n) is 1.61. The van der Waals surface area contributed by atoms with Gasteiger partial charge in [0.25, 0.3) is 5.91 Å². The number of nitrogens with zero attached hydrogens (tertiary/aromatic N) is 2. The van der Waals surface area contributed by atoms with Crippen LogP contribution in [0, 0.1) is 6.92 Å². The Morgan fingerprint density at radius 1 is 1.26 bits per heavy atom. The van der Waals surface area contributed by atoms with Gasteiger partial charge in [0.2, 0.25) is 0 Å². The Bertz CT molecular complexity index is 567. The molecular weight excluding hydrogens is 242 g/mol. The first-order valence-electron chi connectivity index (χ1n) is 6.02. The third-order valence-electron chi connectivity index (χ3n) is 2.55. The molecule has 1 aromatic heterocycles. The van der Waals surface area contributed by atoms with Crippen LogP contribution in [0.2, 0.25) is 0 Å². The molecule has 0 fully saturated rings. The average Bonchev–Trinajstić information content (AvgIpc) is 2.42. The summed E-state index contributed by atoms with van der Waals surface area (Å²) in [6.45, 7) is 4.26. The van der Waals surface area contributed by atoms with Gasteiger partial charge in [-0.2, -0.15) is 0 Å². The second kappa shape index (κ2) is 5.95. The van der Waals surface area contributed by atoms with Gasteiger partial charge in [-0.25, -0.2) is 9.97 Å². The lowest BCUT2D eigenvalue weighted by Crippen LogP contribution is -2.13. The number of rotatable bonds is 4. The molecule has 2 aromatic rings. The van der Waals surface area contributed by atoms with E-state index in [-0.39, 0.29) is 5.91 Å². The Kier molecular flexibility index (Phi) is 4.07. The highest BCUT2D eigenvalue weighted by Crippen LogP contribution is 2.12. The normalized spacial score (nSPS) is 10.0. The molecule has 1 aromatic carbocycles. The SMILES string of the molecule is CCOc1ncc(NC(=O)c2ccccc2C)cn1. The van der Waals surface area contributed by atoms with Crippen LogP contribution in [0.4, 0.5) is 5.69 Å². The molecule has 1 amide bonds. The van der Waals surface area contributed by atoms with Crippen LogP contribution >= 0.6 is 0 Å². The van der Waals surface area contributed by atoms with E-state index in [4.69, 9.17) is 4.74 Å². The van der Waals surface area contributed by atoms with E-state index in [2.05, 4.69) is 15.3 Å². The fraction of sp³-hybridized carbons (Fsp3) is 0.214. The van der Waals surface area contributed by atoms with Crippen LogP contribution in [0.25, 0.3) is 0 Å². The Balaban J connectivity index is 2.09. The van der Waals surface area contributed by atoms with Gasteiger partial charge in [0.15, 0.2) is 0 Å². The van der Waals surface area contributed by atoms with Crippen molar-refractivity contribution in [1.82, 2.24) is 9.97 Å². The molecule has 0 saturated heterocycles. The monoisotopic (exact) mass is 257 g/mol. The number of amides is 1. The molecule has 0 aliphatic heterocycles. The maximum atomic E-state index is 12.0. The molecule has 0 aliphatic rings. The molecule has 0 radical (unpaired) electrons. The number of ether oxygens (including phenoxy) is 1. The van der Waals surface area contributed by atoms with Gasteiger partial charge < -0.3 is 10.1 Å². The van der Waals surface area contributed by atoms with E-state index in [1.807, 2.05) is 32.0 Å². The summed E-state index contributed by atoms with van der Waals surface area (Å²) < 4.78 is 5.13.